The fourth-order valence-corrected chi connectivity index (χ4v) is 4.88. The van der Waals surface area contributed by atoms with Crippen LogP contribution in [0, 0.1) is 0 Å². The fraction of sp³-hybridized carbons (Fsp3) is 0.250. The summed E-state index contributed by atoms with van der Waals surface area (Å²) < 4.78 is 34.7. The number of nitrogens with one attached hydrogen (secondary N) is 1. The molecule has 0 bridgehead atoms. The number of carbonyl (C=O) groups is 1. The fourth-order valence-electron chi connectivity index (χ4n) is 3.27. The number of carbonyl (C=O) groups excluding carboxylic acids is 1. The Labute approximate surface area is 194 Å². The van der Waals surface area contributed by atoms with Crippen molar-refractivity contribution in [1.82, 2.24) is 14.1 Å². The summed E-state index contributed by atoms with van der Waals surface area (Å²) in [6.07, 6.45) is 6.48. The molecular weight excluding hydrogens is 440 g/mol. The summed E-state index contributed by atoms with van der Waals surface area (Å²) in [6, 6.07) is 14.2. The lowest BCUT2D eigenvalue weighted by Crippen LogP contribution is -2.31. The second kappa shape index (κ2) is 10.9. The maximum Gasteiger partial charge on any atom is 0.248 e. The molecule has 0 aliphatic heterocycles. The van der Waals surface area contributed by atoms with E-state index >= 15 is 0 Å². The predicted molar refractivity (Wildman–Crippen MR) is 129 cm³/mol. The van der Waals surface area contributed by atoms with Gasteiger partial charge in [-0.05, 0) is 43.3 Å². The molecule has 1 N–H and O–H groups in total. The van der Waals surface area contributed by atoms with Crippen LogP contribution in [0.4, 0.5) is 5.69 Å². The lowest BCUT2D eigenvalue weighted by Gasteiger charge is -2.21. The van der Waals surface area contributed by atoms with Crippen LogP contribution in [-0.2, 0) is 14.8 Å². The van der Waals surface area contributed by atoms with Gasteiger partial charge in [-0.3, -0.25) is 4.79 Å². The number of rotatable bonds is 10. The van der Waals surface area contributed by atoms with E-state index in [4.69, 9.17) is 4.74 Å². The molecule has 0 unspecified atom stereocenters. The maximum absolute atomic E-state index is 13.1. The molecule has 9 heteroatoms. The number of benzene rings is 2. The average molecular weight is 469 g/mol. The molecule has 3 rings (SSSR count). The number of hydrogen-bond donors (Lipinski definition) is 1. The van der Waals surface area contributed by atoms with Crippen molar-refractivity contribution in [3.8, 4) is 11.4 Å². The molecular formula is C24H28N4O4S. The number of amides is 1. The Morgan fingerprint density at radius 3 is 2.52 bits per heavy atom. The Kier molecular flexibility index (Phi) is 8.02. The summed E-state index contributed by atoms with van der Waals surface area (Å²) >= 11 is 0. The van der Waals surface area contributed by atoms with Gasteiger partial charge in [0, 0.05) is 36.6 Å². The van der Waals surface area contributed by atoms with Crippen LogP contribution in [0.3, 0.4) is 0 Å². The van der Waals surface area contributed by atoms with Gasteiger partial charge >= 0.3 is 0 Å². The van der Waals surface area contributed by atoms with E-state index in [2.05, 4.69) is 10.4 Å². The molecule has 1 aromatic heterocycles. The first-order chi connectivity index (χ1) is 15.9. The second-order valence-electron chi connectivity index (χ2n) is 7.06. The van der Waals surface area contributed by atoms with E-state index in [1.165, 1.54) is 16.4 Å². The zero-order valence-corrected chi connectivity index (χ0v) is 19.7. The monoisotopic (exact) mass is 468 g/mol. The van der Waals surface area contributed by atoms with Crippen LogP contribution in [0.15, 0.2) is 71.9 Å². The molecule has 0 fully saturated rings. The summed E-state index contributed by atoms with van der Waals surface area (Å²) in [5.41, 5.74) is 2.03. The maximum atomic E-state index is 13.1. The van der Waals surface area contributed by atoms with E-state index in [-0.39, 0.29) is 10.6 Å². The molecule has 0 saturated carbocycles. The summed E-state index contributed by atoms with van der Waals surface area (Å²) in [4.78, 5) is 12.5. The van der Waals surface area contributed by atoms with Crippen LogP contribution < -0.4 is 10.1 Å². The summed E-state index contributed by atoms with van der Waals surface area (Å²) in [6.45, 7) is 6.33. The second-order valence-corrected chi connectivity index (χ2v) is 8.97. The summed E-state index contributed by atoms with van der Waals surface area (Å²) in [5, 5.41) is 7.01. The van der Waals surface area contributed by atoms with Crippen molar-refractivity contribution < 1.29 is 17.9 Å². The highest BCUT2D eigenvalue weighted by Crippen LogP contribution is 2.30. The average Bonchev–Trinajstić information content (AvgIpc) is 3.29. The van der Waals surface area contributed by atoms with E-state index in [0.717, 1.165) is 11.3 Å². The molecule has 0 spiro atoms. The lowest BCUT2D eigenvalue weighted by atomic mass is 10.2. The topological polar surface area (TPSA) is 93.5 Å². The van der Waals surface area contributed by atoms with Crippen molar-refractivity contribution in [2.45, 2.75) is 25.7 Å². The Morgan fingerprint density at radius 1 is 1.12 bits per heavy atom. The van der Waals surface area contributed by atoms with Crippen LogP contribution in [0.25, 0.3) is 11.8 Å². The highest BCUT2D eigenvalue weighted by atomic mass is 32.2. The van der Waals surface area contributed by atoms with Crippen molar-refractivity contribution in [3.63, 3.8) is 0 Å². The van der Waals surface area contributed by atoms with Gasteiger partial charge in [-0.25, -0.2) is 13.1 Å². The van der Waals surface area contributed by atoms with Gasteiger partial charge < -0.3 is 10.1 Å². The first-order valence-corrected chi connectivity index (χ1v) is 12.2. The minimum Gasteiger partial charge on any atom is -0.492 e. The van der Waals surface area contributed by atoms with Crippen molar-refractivity contribution >= 4 is 27.7 Å². The summed E-state index contributed by atoms with van der Waals surface area (Å²) in [5.74, 6) is -0.135. The van der Waals surface area contributed by atoms with Gasteiger partial charge in [0.15, 0.2) is 0 Å². The Bertz CT molecular complexity index is 1220. The largest absolute Gasteiger partial charge is 0.492 e. The van der Waals surface area contributed by atoms with Gasteiger partial charge in [-0.1, -0.05) is 32.0 Å². The number of nitrogens with zero attached hydrogens (tertiary/aromatic N) is 3. The third kappa shape index (κ3) is 5.88. The van der Waals surface area contributed by atoms with Crippen LogP contribution in [0.5, 0.6) is 5.75 Å². The quantitative estimate of drug-likeness (QED) is 0.455. The van der Waals surface area contributed by atoms with Crippen LogP contribution in [0.2, 0.25) is 0 Å². The molecule has 0 aliphatic rings. The molecule has 0 radical (unpaired) electrons. The Hall–Kier alpha value is -3.43. The number of hydrogen-bond acceptors (Lipinski definition) is 5. The van der Waals surface area contributed by atoms with Crippen LogP contribution in [0.1, 0.15) is 26.3 Å². The molecule has 2 aromatic carbocycles. The number of para-hydroxylation sites is 1. The highest BCUT2D eigenvalue weighted by Gasteiger charge is 2.26. The van der Waals surface area contributed by atoms with Crippen molar-refractivity contribution in [2.24, 2.45) is 0 Å². The zero-order chi connectivity index (χ0) is 23.8. The molecule has 0 atom stereocenters. The SMILES string of the molecule is CCOc1ccc(NC(=O)/C=C/c2cnn(-c3ccccc3)c2)cc1S(=O)(=O)N(CC)CC. The third-order valence-electron chi connectivity index (χ3n) is 4.88. The molecule has 0 saturated heterocycles. The first kappa shape index (κ1) is 24.2. The van der Waals surface area contributed by atoms with Gasteiger partial charge in [0.05, 0.1) is 18.5 Å². The smallest absolute Gasteiger partial charge is 0.248 e. The van der Waals surface area contributed by atoms with E-state index < -0.39 is 15.9 Å². The van der Waals surface area contributed by atoms with Crippen LogP contribution >= 0.6 is 0 Å². The Balaban J connectivity index is 1.78. The number of anilines is 1. The van der Waals surface area contributed by atoms with Crippen molar-refractivity contribution in [3.05, 3.63) is 72.6 Å². The van der Waals surface area contributed by atoms with Gasteiger partial charge in [0.25, 0.3) is 0 Å². The third-order valence-corrected chi connectivity index (χ3v) is 6.96. The van der Waals surface area contributed by atoms with Gasteiger partial charge in [0.1, 0.15) is 10.6 Å². The minimum atomic E-state index is -3.76. The van der Waals surface area contributed by atoms with Crippen molar-refractivity contribution in [2.75, 3.05) is 25.0 Å². The van der Waals surface area contributed by atoms with E-state index in [1.807, 2.05) is 36.5 Å². The Morgan fingerprint density at radius 2 is 1.85 bits per heavy atom. The normalized spacial score (nSPS) is 11.8. The molecule has 1 heterocycles. The van der Waals surface area contributed by atoms with Crippen molar-refractivity contribution in [1.29, 1.82) is 0 Å². The number of sulfonamides is 1. The molecule has 174 valence electrons. The lowest BCUT2D eigenvalue weighted by molar-refractivity contribution is -0.111. The molecule has 8 nitrogen and oxygen atoms in total. The van der Waals surface area contributed by atoms with Gasteiger partial charge in [0.2, 0.25) is 15.9 Å². The molecule has 33 heavy (non-hydrogen) atoms. The highest BCUT2D eigenvalue weighted by molar-refractivity contribution is 7.89. The van der Waals surface area contributed by atoms with E-state index in [1.54, 1.807) is 49.9 Å². The first-order valence-electron chi connectivity index (χ1n) is 10.7. The van der Waals surface area contributed by atoms with E-state index in [0.29, 0.717) is 25.4 Å². The molecule has 1 amide bonds. The zero-order valence-electron chi connectivity index (χ0n) is 18.9. The van der Waals surface area contributed by atoms with Crippen LogP contribution in [-0.4, -0.2) is 48.1 Å². The molecule has 0 aliphatic carbocycles. The van der Waals surface area contributed by atoms with E-state index in [9.17, 15) is 13.2 Å². The van der Waals surface area contributed by atoms with Gasteiger partial charge in [-0.15, -0.1) is 0 Å². The molecule has 3 aromatic rings. The predicted octanol–water partition coefficient (Wildman–Crippen LogP) is 3.95. The number of aromatic nitrogens is 2. The minimum absolute atomic E-state index is 0.0268. The number of ether oxygens (including phenoxy) is 1. The standard InChI is InChI=1S/C24H28N4O4S/c1-4-27(5-2)33(30,31)23-16-20(13-14-22(23)32-6-3)26-24(29)15-12-19-17-25-28(18-19)21-10-8-7-9-11-21/h7-18H,4-6H2,1-3H3,(H,26,29)/b15-12+. The summed E-state index contributed by atoms with van der Waals surface area (Å²) in [7, 11) is -3.76. The van der Waals surface area contributed by atoms with Gasteiger partial charge in [-0.2, -0.15) is 9.40 Å².